The Morgan fingerprint density at radius 3 is 2.43 bits per heavy atom. The van der Waals surface area contributed by atoms with Gasteiger partial charge in [0.15, 0.2) is 0 Å². The zero-order valence-electron chi connectivity index (χ0n) is 10.4. The van der Waals surface area contributed by atoms with Crippen molar-refractivity contribution in [2.45, 2.75) is 6.18 Å². The van der Waals surface area contributed by atoms with E-state index in [1.54, 1.807) is 6.07 Å². The highest BCUT2D eigenvalue weighted by Crippen LogP contribution is 2.34. The van der Waals surface area contributed by atoms with Crippen molar-refractivity contribution >= 4 is 17.3 Å². The molecule has 0 unspecified atom stereocenters. The van der Waals surface area contributed by atoms with Gasteiger partial charge in [0, 0.05) is 6.07 Å². The molecule has 0 aliphatic heterocycles. The van der Waals surface area contributed by atoms with Gasteiger partial charge in [-0.05, 0) is 30.3 Å². The number of nitrogens with zero attached hydrogens (tertiary/aromatic N) is 1. The van der Waals surface area contributed by atoms with Crippen LogP contribution in [0.3, 0.4) is 0 Å². The van der Waals surface area contributed by atoms with Crippen molar-refractivity contribution in [2.75, 3.05) is 5.73 Å². The molecule has 2 rings (SSSR count). The van der Waals surface area contributed by atoms with Gasteiger partial charge < -0.3 is 10.5 Å². The molecule has 2 aromatic carbocycles. The summed E-state index contributed by atoms with van der Waals surface area (Å²) in [5, 5.41) is 9.19. The van der Waals surface area contributed by atoms with E-state index >= 15 is 0 Å². The van der Waals surface area contributed by atoms with E-state index < -0.39 is 11.7 Å². The Bertz CT molecular complexity index is 723. The van der Waals surface area contributed by atoms with Crippen LogP contribution in [0.5, 0.6) is 11.5 Å². The first-order valence-electron chi connectivity index (χ1n) is 5.65. The molecule has 0 saturated carbocycles. The van der Waals surface area contributed by atoms with Crippen LogP contribution in [0.2, 0.25) is 5.02 Å². The van der Waals surface area contributed by atoms with Crippen LogP contribution in [-0.4, -0.2) is 0 Å². The summed E-state index contributed by atoms with van der Waals surface area (Å²) in [6.07, 6.45) is -4.52. The summed E-state index contributed by atoms with van der Waals surface area (Å²) in [7, 11) is 0. The third kappa shape index (κ3) is 3.38. The van der Waals surface area contributed by atoms with Crippen molar-refractivity contribution in [1.82, 2.24) is 0 Å². The number of anilines is 1. The van der Waals surface area contributed by atoms with Gasteiger partial charge in [-0.15, -0.1) is 0 Å². The van der Waals surface area contributed by atoms with Crippen LogP contribution in [0, 0.1) is 11.3 Å². The Morgan fingerprint density at radius 2 is 1.86 bits per heavy atom. The lowest BCUT2D eigenvalue weighted by Gasteiger charge is -2.11. The van der Waals surface area contributed by atoms with Crippen molar-refractivity contribution in [3.8, 4) is 17.6 Å². The maximum atomic E-state index is 12.6. The minimum Gasteiger partial charge on any atom is -0.456 e. The number of hydrogen-bond donors (Lipinski definition) is 1. The first-order valence-corrected chi connectivity index (χ1v) is 6.03. The largest absolute Gasteiger partial charge is 0.456 e. The molecular formula is C14H8ClF3N2O. The highest BCUT2D eigenvalue weighted by Gasteiger charge is 2.31. The minimum atomic E-state index is -4.52. The van der Waals surface area contributed by atoms with E-state index in [4.69, 9.17) is 27.3 Å². The predicted molar refractivity (Wildman–Crippen MR) is 72.1 cm³/mol. The smallest absolute Gasteiger partial charge is 0.416 e. The Kier molecular flexibility index (Phi) is 3.96. The molecule has 0 spiro atoms. The van der Waals surface area contributed by atoms with E-state index in [1.807, 2.05) is 0 Å². The first kappa shape index (κ1) is 15.0. The van der Waals surface area contributed by atoms with Gasteiger partial charge in [0.2, 0.25) is 0 Å². The van der Waals surface area contributed by atoms with E-state index in [0.29, 0.717) is 5.69 Å². The average Bonchev–Trinajstić information content (AvgIpc) is 2.42. The lowest BCUT2D eigenvalue weighted by Crippen LogP contribution is -2.05. The first-order chi connectivity index (χ1) is 9.81. The summed E-state index contributed by atoms with van der Waals surface area (Å²) in [4.78, 5) is 0. The van der Waals surface area contributed by atoms with Gasteiger partial charge >= 0.3 is 6.18 Å². The van der Waals surface area contributed by atoms with E-state index in [9.17, 15) is 13.2 Å². The molecule has 0 fully saturated rings. The Labute approximate surface area is 123 Å². The SMILES string of the molecule is N#Cc1cc(C(F)(F)F)ccc1Oc1ccc(N)c(Cl)c1. The Hall–Kier alpha value is -2.39. The van der Waals surface area contributed by atoms with Crippen LogP contribution in [0.15, 0.2) is 36.4 Å². The van der Waals surface area contributed by atoms with Crippen LogP contribution in [0.4, 0.5) is 18.9 Å². The van der Waals surface area contributed by atoms with Crippen LogP contribution in [0.25, 0.3) is 0 Å². The normalized spacial score (nSPS) is 11.0. The molecule has 0 radical (unpaired) electrons. The fraction of sp³-hybridized carbons (Fsp3) is 0.0714. The van der Waals surface area contributed by atoms with E-state index in [-0.39, 0.29) is 22.1 Å². The van der Waals surface area contributed by atoms with Gasteiger partial charge in [0.05, 0.1) is 21.8 Å². The van der Waals surface area contributed by atoms with Gasteiger partial charge in [0.1, 0.15) is 17.6 Å². The molecule has 0 aromatic heterocycles. The highest BCUT2D eigenvalue weighted by molar-refractivity contribution is 6.33. The van der Waals surface area contributed by atoms with Gasteiger partial charge in [-0.2, -0.15) is 18.4 Å². The lowest BCUT2D eigenvalue weighted by molar-refractivity contribution is -0.137. The number of alkyl halides is 3. The number of nitrogen functional groups attached to an aromatic ring is 1. The van der Waals surface area contributed by atoms with Crippen molar-refractivity contribution in [3.63, 3.8) is 0 Å². The van der Waals surface area contributed by atoms with E-state index in [1.165, 1.54) is 18.2 Å². The molecule has 2 aromatic rings. The Balaban J connectivity index is 2.36. The fourth-order valence-electron chi connectivity index (χ4n) is 1.58. The molecule has 0 amide bonds. The summed E-state index contributed by atoms with van der Waals surface area (Å²) in [5.74, 6) is 0.275. The zero-order chi connectivity index (χ0) is 15.6. The molecule has 0 aliphatic rings. The quantitative estimate of drug-likeness (QED) is 0.824. The predicted octanol–water partition coefficient (Wildman–Crippen LogP) is 4.60. The standard InChI is InChI=1S/C14H8ClF3N2O/c15-11-6-10(2-3-12(11)20)21-13-4-1-9(14(16,17)18)5-8(13)7-19/h1-6H,20H2. The number of halogens is 4. The zero-order valence-corrected chi connectivity index (χ0v) is 11.2. The molecule has 3 nitrogen and oxygen atoms in total. The minimum absolute atomic E-state index is 0.00587. The summed E-state index contributed by atoms with van der Waals surface area (Å²) >= 11 is 5.82. The van der Waals surface area contributed by atoms with E-state index in [0.717, 1.165) is 18.2 Å². The number of nitrogens with two attached hydrogens (primary N) is 1. The molecular weight excluding hydrogens is 305 g/mol. The third-order valence-corrected chi connectivity index (χ3v) is 2.95. The van der Waals surface area contributed by atoms with Crippen molar-refractivity contribution in [1.29, 1.82) is 5.26 Å². The van der Waals surface area contributed by atoms with Crippen molar-refractivity contribution < 1.29 is 17.9 Å². The molecule has 0 bridgehead atoms. The average molecular weight is 313 g/mol. The molecule has 0 atom stereocenters. The summed E-state index contributed by atoms with van der Waals surface area (Å²) in [6.45, 7) is 0. The highest BCUT2D eigenvalue weighted by atomic mass is 35.5. The lowest BCUT2D eigenvalue weighted by atomic mass is 10.1. The second kappa shape index (κ2) is 5.54. The summed E-state index contributed by atoms with van der Waals surface area (Å²) in [6, 6.07) is 8.74. The topological polar surface area (TPSA) is 59.0 Å². The van der Waals surface area contributed by atoms with Crippen LogP contribution < -0.4 is 10.5 Å². The van der Waals surface area contributed by atoms with Crippen LogP contribution >= 0.6 is 11.6 Å². The fourth-order valence-corrected chi connectivity index (χ4v) is 1.75. The Morgan fingerprint density at radius 1 is 1.14 bits per heavy atom. The van der Waals surface area contributed by atoms with E-state index in [2.05, 4.69) is 0 Å². The molecule has 0 heterocycles. The van der Waals surface area contributed by atoms with Crippen molar-refractivity contribution in [3.05, 3.63) is 52.5 Å². The molecule has 21 heavy (non-hydrogen) atoms. The number of hydrogen-bond acceptors (Lipinski definition) is 3. The number of benzene rings is 2. The summed E-state index contributed by atoms with van der Waals surface area (Å²) < 4.78 is 43.1. The molecule has 0 aliphatic carbocycles. The second-order valence-corrected chi connectivity index (χ2v) is 4.51. The molecule has 7 heteroatoms. The monoisotopic (exact) mass is 312 g/mol. The maximum absolute atomic E-state index is 12.6. The molecule has 0 saturated heterocycles. The van der Waals surface area contributed by atoms with Gasteiger partial charge in [-0.1, -0.05) is 11.6 Å². The summed E-state index contributed by atoms with van der Waals surface area (Å²) in [5.41, 5.74) is 4.75. The second-order valence-electron chi connectivity index (χ2n) is 4.11. The number of rotatable bonds is 2. The van der Waals surface area contributed by atoms with Crippen molar-refractivity contribution in [2.24, 2.45) is 0 Å². The maximum Gasteiger partial charge on any atom is 0.416 e. The van der Waals surface area contributed by atoms with Crippen LogP contribution in [-0.2, 0) is 6.18 Å². The van der Waals surface area contributed by atoms with Crippen LogP contribution in [0.1, 0.15) is 11.1 Å². The number of ether oxygens (including phenoxy) is 1. The van der Waals surface area contributed by atoms with Gasteiger partial charge in [-0.25, -0.2) is 0 Å². The third-order valence-electron chi connectivity index (χ3n) is 2.63. The number of nitriles is 1. The molecule has 108 valence electrons. The van der Waals surface area contributed by atoms with Gasteiger partial charge in [-0.3, -0.25) is 0 Å². The molecule has 2 N–H and O–H groups in total. The van der Waals surface area contributed by atoms with Gasteiger partial charge in [0.25, 0.3) is 0 Å².